The van der Waals surface area contributed by atoms with Gasteiger partial charge in [-0.05, 0) is 37.1 Å². The van der Waals surface area contributed by atoms with E-state index in [1.54, 1.807) is 11.0 Å². The van der Waals surface area contributed by atoms with Gasteiger partial charge in [0.15, 0.2) is 0 Å². The average molecular weight is 270 g/mol. The van der Waals surface area contributed by atoms with E-state index >= 15 is 0 Å². The van der Waals surface area contributed by atoms with Crippen LogP contribution in [-0.2, 0) is 9.53 Å². The molecule has 2 rings (SSSR count). The zero-order valence-electron chi connectivity index (χ0n) is 10.2. The molecule has 1 unspecified atom stereocenters. The normalized spacial score (nSPS) is 20.3. The highest BCUT2D eigenvalue weighted by Gasteiger charge is 2.30. The molecule has 1 heterocycles. The topological polar surface area (TPSA) is 49.8 Å². The Bertz CT molecular complexity index is 448. The number of amides is 1. The molecule has 1 saturated heterocycles. The van der Waals surface area contributed by atoms with E-state index in [2.05, 4.69) is 0 Å². The number of aliphatic hydroxyl groups is 1. The Hall–Kier alpha value is -1.10. The smallest absolute Gasteiger partial charge is 0.253 e. The van der Waals surface area contributed by atoms with E-state index in [1.165, 1.54) is 0 Å². The molecule has 4 nitrogen and oxygen atoms in total. The summed E-state index contributed by atoms with van der Waals surface area (Å²) in [5.74, 6) is -0.0786. The fraction of sp³-hybridized carbons (Fsp3) is 0.462. The highest BCUT2D eigenvalue weighted by molar-refractivity contribution is 6.30. The van der Waals surface area contributed by atoms with Crippen LogP contribution < -0.4 is 4.90 Å². The van der Waals surface area contributed by atoms with Crippen molar-refractivity contribution in [2.45, 2.75) is 19.4 Å². The van der Waals surface area contributed by atoms with Gasteiger partial charge in [-0.2, -0.15) is 0 Å². The zero-order valence-corrected chi connectivity index (χ0v) is 11.0. The quantitative estimate of drug-likeness (QED) is 0.910. The molecule has 0 bridgehead atoms. The van der Waals surface area contributed by atoms with E-state index in [0.717, 1.165) is 11.3 Å². The zero-order chi connectivity index (χ0) is 13.1. The Morgan fingerprint density at radius 1 is 1.56 bits per heavy atom. The number of nitrogens with zero attached hydrogens (tertiary/aromatic N) is 1. The molecule has 0 aliphatic carbocycles. The predicted molar refractivity (Wildman–Crippen MR) is 70.0 cm³/mol. The largest absolute Gasteiger partial charge is 0.396 e. The number of carbonyl (C=O) groups excluding carboxylic acids is 1. The van der Waals surface area contributed by atoms with Crippen LogP contribution in [0.1, 0.15) is 12.0 Å². The molecular weight excluding hydrogens is 254 g/mol. The van der Waals surface area contributed by atoms with Crippen molar-refractivity contribution in [2.24, 2.45) is 0 Å². The number of ether oxygens (including phenoxy) is 1. The molecule has 0 radical (unpaired) electrons. The van der Waals surface area contributed by atoms with Gasteiger partial charge >= 0.3 is 0 Å². The lowest BCUT2D eigenvalue weighted by atomic mass is 10.1. The molecule has 1 aliphatic rings. The van der Waals surface area contributed by atoms with E-state index in [4.69, 9.17) is 21.4 Å². The van der Waals surface area contributed by atoms with Crippen molar-refractivity contribution in [2.75, 3.05) is 24.7 Å². The summed E-state index contributed by atoms with van der Waals surface area (Å²) in [4.78, 5) is 13.7. The van der Waals surface area contributed by atoms with Gasteiger partial charge in [0, 0.05) is 17.3 Å². The summed E-state index contributed by atoms with van der Waals surface area (Å²) in [5.41, 5.74) is 1.78. The lowest BCUT2D eigenvalue weighted by molar-refractivity contribution is -0.127. The van der Waals surface area contributed by atoms with Crippen molar-refractivity contribution < 1.29 is 14.6 Å². The molecule has 0 spiro atoms. The number of rotatable bonds is 3. The van der Waals surface area contributed by atoms with E-state index in [1.807, 2.05) is 19.1 Å². The van der Waals surface area contributed by atoms with Gasteiger partial charge in [-0.1, -0.05) is 11.6 Å². The van der Waals surface area contributed by atoms with Crippen molar-refractivity contribution >= 4 is 23.2 Å². The highest BCUT2D eigenvalue weighted by Crippen LogP contribution is 2.27. The van der Waals surface area contributed by atoms with Crippen molar-refractivity contribution in [3.63, 3.8) is 0 Å². The Morgan fingerprint density at radius 2 is 2.33 bits per heavy atom. The Balaban J connectivity index is 2.34. The van der Waals surface area contributed by atoms with Crippen LogP contribution >= 0.6 is 11.6 Å². The average Bonchev–Trinajstić information content (AvgIpc) is 2.31. The van der Waals surface area contributed by atoms with Gasteiger partial charge in [0.1, 0.15) is 6.61 Å². The number of halogens is 1. The van der Waals surface area contributed by atoms with E-state index in [-0.39, 0.29) is 25.2 Å². The third-order valence-corrected chi connectivity index (χ3v) is 3.29. The van der Waals surface area contributed by atoms with E-state index < -0.39 is 0 Å². The molecule has 1 atom stereocenters. The molecule has 18 heavy (non-hydrogen) atoms. The van der Waals surface area contributed by atoms with Crippen LogP contribution in [-0.4, -0.2) is 36.9 Å². The van der Waals surface area contributed by atoms with Gasteiger partial charge in [0.2, 0.25) is 0 Å². The second-order valence-electron chi connectivity index (χ2n) is 4.38. The molecule has 1 fully saturated rings. The first kappa shape index (κ1) is 13.3. The van der Waals surface area contributed by atoms with Gasteiger partial charge in [-0.15, -0.1) is 0 Å². The lowest BCUT2D eigenvalue weighted by Gasteiger charge is -2.36. The molecule has 1 N–H and O–H groups in total. The fourth-order valence-corrected chi connectivity index (χ4v) is 2.44. The highest BCUT2D eigenvalue weighted by atomic mass is 35.5. The Morgan fingerprint density at radius 3 is 3.00 bits per heavy atom. The van der Waals surface area contributed by atoms with Crippen molar-refractivity contribution in [3.8, 4) is 0 Å². The number of hydrogen-bond donors (Lipinski definition) is 1. The second-order valence-corrected chi connectivity index (χ2v) is 4.81. The van der Waals surface area contributed by atoms with Gasteiger partial charge < -0.3 is 14.7 Å². The minimum atomic E-state index is -0.115. The van der Waals surface area contributed by atoms with Crippen LogP contribution in [0.15, 0.2) is 18.2 Å². The van der Waals surface area contributed by atoms with Crippen molar-refractivity contribution in [3.05, 3.63) is 28.8 Å². The number of aliphatic hydroxyl groups excluding tert-OH is 1. The van der Waals surface area contributed by atoms with Crippen molar-refractivity contribution in [1.82, 2.24) is 0 Å². The van der Waals surface area contributed by atoms with Crippen LogP contribution in [0.2, 0.25) is 5.02 Å². The molecule has 0 saturated carbocycles. The van der Waals surface area contributed by atoms with E-state index in [9.17, 15) is 4.79 Å². The van der Waals surface area contributed by atoms with Gasteiger partial charge in [-0.25, -0.2) is 0 Å². The summed E-state index contributed by atoms with van der Waals surface area (Å²) in [5, 5.41) is 9.72. The molecule has 98 valence electrons. The SMILES string of the molecule is Cc1cc(Cl)ccc1N1C(=O)COCC1CCO. The fourth-order valence-electron chi connectivity index (χ4n) is 2.21. The van der Waals surface area contributed by atoms with Gasteiger partial charge in [-0.3, -0.25) is 4.79 Å². The summed E-state index contributed by atoms with van der Waals surface area (Å²) in [6.07, 6.45) is 0.508. The summed E-state index contributed by atoms with van der Waals surface area (Å²) >= 11 is 5.92. The number of morpholine rings is 1. The van der Waals surface area contributed by atoms with Crippen LogP contribution in [0.4, 0.5) is 5.69 Å². The molecule has 1 aromatic carbocycles. The Labute approximate surface area is 111 Å². The molecule has 1 aliphatic heterocycles. The summed E-state index contributed by atoms with van der Waals surface area (Å²) in [6.45, 7) is 2.49. The summed E-state index contributed by atoms with van der Waals surface area (Å²) < 4.78 is 5.23. The van der Waals surface area contributed by atoms with Crippen LogP contribution in [0.5, 0.6) is 0 Å². The first-order valence-corrected chi connectivity index (χ1v) is 6.28. The monoisotopic (exact) mass is 269 g/mol. The summed E-state index contributed by atoms with van der Waals surface area (Å²) in [7, 11) is 0. The lowest BCUT2D eigenvalue weighted by Crippen LogP contribution is -2.50. The predicted octanol–water partition coefficient (Wildman–Crippen LogP) is 1.76. The van der Waals surface area contributed by atoms with Crippen LogP contribution in [0.25, 0.3) is 0 Å². The maximum atomic E-state index is 12.0. The van der Waals surface area contributed by atoms with Gasteiger partial charge in [0.05, 0.1) is 12.6 Å². The first-order valence-electron chi connectivity index (χ1n) is 5.90. The molecule has 0 aromatic heterocycles. The Kier molecular flexibility index (Phi) is 4.22. The van der Waals surface area contributed by atoms with Crippen LogP contribution in [0, 0.1) is 6.92 Å². The summed E-state index contributed by atoms with van der Waals surface area (Å²) in [6, 6.07) is 5.32. The standard InChI is InChI=1S/C13H16ClNO3/c1-9-6-10(14)2-3-12(9)15-11(4-5-16)7-18-8-13(15)17/h2-3,6,11,16H,4-5,7-8H2,1H3. The minimum absolute atomic E-state index is 0.0322. The molecule has 5 heteroatoms. The number of carbonyl (C=O) groups is 1. The van der Waals surface area contributed by atoms with Crippen LogP contribution in [0.3, 0.4) is 0 Å². The second kappa shape index (κ2) is 5.69. The third-order valence-electron chi connectivity index (χ3n) is 3.05. The first-order chi connectivity index (χ1) is 8.63. The molecular formula is C13H16ClNO3. The molecule has 1 amide bonds. The van der Waals surface area contributed by atoms with E-state index in [0.29, 0.717) is 18.1 Å². The molecule has 1 aromatic rings. The minimum Gasteiger partial charge on any atom is -0.396 e. The third kappa shape index (κ3) is 2.66. The maximum Gasteiger partial charge on any atom is 0.253 e. The number of anilines is 1. The number of aryl methyl sites for hydroxylation is 1. The number of benzene rings is 1. The number of hydrogen-bond acceptors (Lipinski definition) is 3. The maximum absolute atomic E-state index is 12.0. The van der Waals surface area contributed by atoms with Crippen molar-refractivity contribution in [1.29, 1.82) is 0 Å². The van der Waals surface area contributed by atoms with Gasteiger partial charge in [0.25, 0.3) is 5.91 Å².